The Morgan fingerprint density at radius 3 is 2.91 bits per heavy atom. The monoisotopic (exact) mass is 303 g/mol. The Morgan fingerprint density at radius 1 is 1.45 bits per heavy atom. The summed E-state index contributed by atoms with van der Waals surface area (Å²) in [5.74, 6) is -0.271. The van der Waals surface area contributed by atoms with Crippen LogP contribution in [-0.4, -0.2) is 33.9 Å². The number of nitrogens with zero attached hydrogens (tertiary/aromatic N) is 1. The average Bonchev–Trinajstić information content (AvgIpc) is 3.24. The summed E-state index contributed by atoms with van der Waals surface area (Å²) >= 11 is 0. The van der Waals surface area contributed by atoms with Crippen LogP contribution in [0.5, 0.6) is 0 Å². The number of amides is 1. The van der Waals surface area contributed by atoms with Gasteiger partial charge >= 0.3 is 0 Å². The van der Waals surface area contributed by atoms with Gasteiger partial charge in [0.05, 0.1) is 17.5 Å². The molecule has 0 radical (unpaired) electrons. The van der Waals surface area contributed by atoms with E-state index >= 15 is 0 Å². The first kappa shape index (κ1) is 14.7. The van der Waals surface area contributed by atoms with Crippen molar-refractivity contribution in [1.82, 2.24) is 15.5 Å². The molecule has 6 heteroatoms. The Kier molecular flexibility index (Phi) is 4.20. The molecular weight excluding hydrogens is 285 g/mol. The van der Waals surface area contributed by atoms with Crippen molar-refractivity contribution in [1.29, 1.82) is 0 Å². The first-order chi connectivity index (χ1) is 10.7. The minimum atomic E-state index is -0.407. The number of carbonyl (C=O) groups excluding carboxylic acids is 1. The Labute approximate surface area is 127 Å². The van der Waals surface area contributed by atoms with E-state index in [2.05, 4.69) is 15.5 Å². The maximum absolute atomic E-state index is 13.9. The number of aromatic nitrogens is 2. The van der Waals surface area contributed by atoms with Crippen molar-refractivity contribution >= 4 is 5.91 Å². The van der Waals surface area contributed by atoms with Gasteiger partial charge in [0.1, 0.15) is 5.82 Å². The van der Waals surface area contributed by atoms with Crippen LogP contribution >= 0.6 is 0 Å². The number of benzene rings is 1. The van der Waals surface area contributed by atoms with Crippen LogP contribution in [0.15, 0.2) is 30.5 Å². The minimum absolute atomic E-state index is 0.0347. The number of nitrogens with one attached hydrogen (secondary N) is 2. The number of aliphatic hydroxyl groups excluding tert-OH is 1. The third kappa shape index (κ3) is 3.01. The van der Waals surface area contributed by atoms with Gasteiger partial charge in [-0.25, -0.2) is 4.39 Å². The Balaban J connectivity index is 1.82. The van der Waals surface area contributed by atoms with Gasteiger partial charge < -0.3 is 10.4 Å². The lowest BCUT2D eigenvalue weighted by molar-refractivity contribution is 0.0925. The quantitative estimate of drug-likeness (QED) is 0.765. The number of hydrogen-bond donors (Lipinski definition) is 3. The summed E-state index contributed by atoms with van der Waals surface area (Å²) in [5, 5.41) is 18.6. The standard InChI is InChI=1S/C16H18FN3O2/c17-13-4-2-1-3-11(13)15-12(9-18-20-15)16(22)19-14(7-8-21)10-5-6-10/h1-4,9-10,14,21H,5-8H2,(H,18,20)(H,19,22). The van der Waals surface area contributed by atoms with E-state index in [1.807, 2.05) is 0 Å². The lowest BCUT2D eigenvalue weighted by atomic mass is 10.1. The molecule has 1 aromatic heterocycles. The van der Waals surface area contributed by atoms with E-state index in [9.17, 15) is 9.18 Å². The van der Waals surface area contributed by atoms with Crippen molar-refractivity contribution in [3.63, 3.8) is 0 Å². The van der Waals surface area contributed by atoms with Crippen molar-refractivity contribution in [2.24, 2.45) is 5.92 Å². The molecule has 1 saturated carbocycles. The van der Waals surface area contributed by atoms with Gasteiger partial charge in [-0.3, -0.25) is 9.89 Å². The SMILES string of the molecule is O=C(NC(CCO)C1CC1)c1cn[nH]c1-c1ccccc1F. The van der Waals surface area contributed by atoms with Gasteiger partial charge in [0.15, 0.2) is 0 Å². The molecule has 1 heterocycles. The van der Waals surface area contributed by atoms with Crippen molar-refractivity contribution in [3.8, 4) is 11.3 Å². The summed E-state index contributed by atoms with van der Waals surface area (Å²) in [6.07, 6.45) is 4.07. The van der Waals surface area contributed by atoms with E-state index in [0.717, 1.165) is 12.8 Å². The van der Waals surface area contributed by atoms with Crippen LogP contribution in [0.2, 0.25) is 0 Å². The van der Waals surface area contributed by atoms with E-state index in [-0.39, 0.29) is 18.6 Å². The molecule has 3 N–H and O–H groups in total. The fourth-order valence-corrected chi connectivity index (χ4v) is 2.64. The summed E-state index contributed by atoms with van der Waals surface area (Å²) in [5.41, 5.74) is 0.998. The van der Waals surface area contributed by atoms with Crippen molar-refractivity contribution < 1.29 is 14.3 Å². The lowest BCUT2D eigenvalue weighted by Gasteiger charge is -2.17. The van der Waals surface area contributed by atoms with E-state index < -0.39 is 5.82 Å². The minimum Gasteiger partial charge on any atom is -0.396 e. The lowest BCUT2D eigenvalue weighted by Crippen LogP contribution is -2.37. The maximum Gasteiger partial charge on any atom is 0.255 e. The number of aromatic amines is 1. The van der Waals surface area contributed by atoms with Crippen LogP contribution in [0, 0.1) is 11.7 Å². The molecule has 1 unspecified atom stereocenters. The summed E-state index contributed by atoms with van der Waals surface area (Å²) in [7, 11) is 0. The highest BCUT2D eigenvalue weighted by molar-refractivity contribution is 5.99. The van der Waals surface area contributed by atoms with Gasteiger partial charge in [-0.15, -0.1) is 0 Å². The van der Waals surface area contributed by atoms with Crippen LogP contribution in [0.25, 0.3) is 11.3 Å². The Hall–Kier alpha value is -2.21. The highest BCUT2D eigenvalue weighted by atomic mass is 19.1. The highest BCUT2D eigenvalue weighted by Gasteiger charge is 2.32. The summed E-state index contributed by atoms with van der Waals surface area (Å²) < 4.78 is 13.9. The summed E-state index contributed by atoms with van der Waals surface area (Å²) in [6, 6.07) is 6.21. The zero-order valence-corrected chi connectivity index (χ0v) is 12.1. The molecule has 1 aliphatic carbocycles. The molecule has 2 aromatic rings. The molecule has 0 saturated heterocycles. The second-order valence-corrected chi connectivity index (χ2v) is 5.57. The van der Waals surface area contributed by atoms with E-state index in [1.165, 1.54) is 12.3 Å². The predicted octanol–water partition coefficient (Wildman–Crippen LogP) is 2.11. The number of rotatable bonds is 6. The van der Waals surface area contributed by atoms with Crippen LogP contribution in [0.1, 0.15) is 29.6 Å². The van der Waals surface area contributed by atoms with Gasteiger partial charge in [0.25, 0.3) is 5.91 Å². The van der Waals surface area contributed by atoms with E-state index in [0.29, 0.717) is 29.2 Å². The molecule has 22 heavy (non-hydrogen) atoms. The van der Waals surface area contributed by atoms with Crippen LogP contribution in [0.4, 0.5) is 4.39 Å². The first-order valence-electron chi connectivity index (χ1n) is 7.40. The molecule has 3 rings (SSSR count). The topological polar surface area (TPSA) is 78.0 Å². The number of aliphatic hydroxyl groups is 1. The third-order valence-corrected chi connectivity index (χ3v) is 3.97. The Bertz CT molecular complexity index is 667. The normalized spacial score (nSPS) is 15.5. The second kappa shape index (κ2) is 6.27. The average molecular weight is 303 g/mol. The van der Waals surface area contributed by atoms with Gasteiger partial charge in [-0.1, -0.05) is 12.1 Å². The molecule has 0 bridgehead atoms. The smallest absolute Gasteiger partial charge is 0.255 e. The molecule has 0 aliphatic heterocycles. The zero-order valence-electron chi connectivity index (χ0n) is 12.1. The van der Waals surface area contributed by atoms with Gasteiger partial charge in [0, 0.05) is 18.2 Å². The molecular formula is C16H18FN3O2. The maximum atomic E-state index is 13.9. The first-order valence-corrected chi connectivity index (χ1v) is 7.40. The summed E-state index contributed by atoms with van der Waals surface area (Å²) in [6.45, 7) is 0.0347. The van der Waals surface area contributed by atoms with Crippen LogP contribution < -0.4 is 5.32 Å². The van der Waals surface area contributed by atoms with Crippen LogP contribution in [0.3, 0.4) is 0 Å². The number of H-pyrrole nitrogens is 1. The van der Waals surface area contributed by atoms with E-state index in [1.54, 1.807) is 18.2 Å². The predicted molar refractivity (Wildman–Crippen MR) is 79.7 cm³/mol. The molecule has 1 aliphatic rings. The number of carbonyl (C=O) groups is 1. The number of halogens is 1. The highest BCUT2D eigenvalue weighted by Crippen LogP contribution is 2.34. The largest absolute Gasteiger partial charge is 0.396 e. The fourth-order valence-electron chi connectivity index (χ4n) is 2.64. The van der Waals surface area contributed by atoms with E-state index in [4.69, 9.17) is 5.11 Å². The molecule has 1 aromatic carbocycles. The molecule has 0 spiro atoms. The zero-order chi connectivity index (χ0) is 15.5. The molecule has 1 atom stereocenters. The van der Waals surface area contributed by atoms with Crippen molar-refractivity contribution in [2.45, 2.75) is 25.3 Å². The molecule has 1 amide bonds. The second-order valence-electron chi connectivity index (χ2n) is 5.57. The van der Waals surface area contributed by atoms with Gasteiger partial charge in [-0.05, 0) is 37.3 Å². The third-order valence-electron chi connectivity index (χ3n) is 3.97. The van der Waals surface area contributed by atoms with Crippen molar-refractivity contribution in [3.05, 3.63) is 41.8 Å². The Morgan fingerprint density at radius 2 is 2.23 bits per heavy atom. The van der Waals surface area contributed by atoms with Crippen molar-refractivity contribution in [2.75, 3.05) is 6.61 Å². The fraction of sp³-hybridized carbons (Fsp3) is 0.375. The number of hydrogen-bond acceptors (Lipinski definition) is 3. The molecule has 5 nitrogen and oxygen atoms in total. The summed E-state index contributed by atoms with van der Waals surface area (Å²) in [4.78, 5) is 12.5. The molecule has 116 valence electrons. The molecule has 1 fully saturated rings. The van der Waals surface area contributed by atoms with Crippen LogP contribution in [-0.2, 0) is 0 Å². The van der Waals surface area contributed by atoms with Gasteiger partial charge in [0.2, 0.25) is 0 Å². The van der Waals surface area contributed by atoms with Gasteiger partial charge in [-0.2, -0.15) is 5.10 Å².